The molecule has 2 aromatic heterocycles. The van der Waals surface area contributed by atoms with Gasteiger partial charge in [0, 0.05) is 35.9 Å². The molecule has 6 nitrogen and oxygen atoms in total. The molecule has 0 aliphatic carbocycles. The highest BCUT2D eigenvalue weighted by Crippen LogP contribution is 2.18. The van der Waals surface area contributed by atoms with E-state index in [9.17, 15) is 4.79 Å². The minimum absolute atomic E-state index is 0.144. The van der Waals surface area contributed by atoms with Gasteiger partial charge in [0.2, 0.25) is 5.95 Å². The molecule has 1 aromatic carbocycles. The number of aryl methyl sites for hydroxylation is 1. The monoisotopic (exact) mass is 305 g/mol. The lowest BCUT2D eigenvalue weighted by Crippen LogP contribution is -2.14. The predicted octanol–water partition coefficient (Wildman–Crippen LogP) is 2.19. The Balaban J connectivity index is 1.58. The van der Waals surface area contributed by atoms with E-state index in [1.54, 1.807) is 6.20 Å². The standard InChI is InChI=1S/C17H15N5O/c1-10-12(6-11-4-2-3-5-14(11)21-10)7-19-17-20-9-13-8-18-16(23)15(13)22-17/h2-6,9H,7-8H2,1H3,(H,18,23)(H,19,20,22). The maximum atomic E-state index is 11.7. The highest BCUT2D eigenvalue weighted by molar-refractivity contribution is 5.96. The largest absolute Gasteiger partial charge is 0.350 e. The number of pyridine rings is 1. The maximum Gasteiger partial charge on any atom is 0.270 e. The number of nitrogens with one attached hydrogen (secondary N) is 2. The lowest BCUT2D eigenvalue weighted by molar-refractivity contribution is 0.0961. The zero-order valence-electron chi connectivity index (χ0n) is 12.6. The Bertz CT molecular complexity index is 922. The second-order valence-corrected chi connectivity index (χ2v) is 5.53. The average molecular weight is 305 g/mol. The Labute approximate surface area is 133 Å². The molecule has 0 spiro atoms. The Morgan fingerprint density at radius 1 is 1.26 bits per heavy atom. The number of aromatic nitrogens is 3. The van der Waals surface area contributed by atoms with E-state index >= 15 is 0 Å². The summed E-state index contributed by atoms with van der Waals surface area (Å²) in [4.78, 5) is 24.8. The summed E-state index contributed by atoms with van der Waals surface area (Å²) in [6.45, 7) is 3.05. The lowest BCUT2D eigenvalue weighted by Gasteiger charge is -2.09. The third-order valence-electron chi connectivity index (χ3n) is 3.98. The van der Waals surface area contributed by atoms with Crippen molar-refractivity contribution in [2.24, 2.45) is 0 Å². The fourth-order valence-electron chi connectivity index (χ4n) is 2.69. The molecular weight excluding hydrogens is 290 g/mol. The van der Waals surface area contributed by atoms with Crippen molar-refractivity contribution >= 4 is 22.8 Å². The number of carbonyl (C=O) groups is 1. The van der Waals surface area contributed by atoms with Gasteiger partial charge in [-0.1, -0.05) is 18.2 Å². The van der Waals surface area contributed by atoms with Crippen molar-refractivity contribution in [1.82, 2.24) is 20.3 Å². The number of anilines is 1. The molecule has 0 atom stereocenters. The van der Waals surface area contributed by atoms with Crippen molar-refractivity contribution in [3.8, 4) is 0 Å². The van der Waals surface area contributed by atoms with Crippen LogP contribution in [0.3, 0.4) is 0 Å². The van der Waals surface area contributed by atoms with Crippen LogP contribution in [0.25, 0.3) is 10.9 Å². The van der Waals surface area contributed by atoms with Crippen LogP contribution >= 0.6 is 0 Å². The second-order valence-electron chi connectivity index (χ2n) is 5.53. The molecule has 4 rings (SSSR count). The van der Waals surface area contributed by atoms with Gasteiger partial charge in [0.15, 0.2) is 0 Å². The van der Waals surface area contributed by atoms with Crippen molar-refractivity contribution in [2.75, 3.05) is 5.32 Å². The molecule has 0 fully saturated rings. The first-order valence-corrected chi connectivity index (χ1v) is 7.44. The molecule has 1 aliphatic rings. The van der Waals surface area contributed by atoms with Crippen LogP contribution in [0.4, 0.5) is 5.95 Å². The third-order valence-corrected chi connectivity index (χ3v) is 3.98. The Morgan fingerprint density at radius 3 is 3.04 bits per heavy atom. The zero-order chi connectivity index (χ0) is 15.8. The Kier molecular flexibility index (Phi) is 3.15. The summed E-state index contributed by atoms with van der Waals surface area (Å²) in [6.07, 6.45) is 1.69. The number of hydrogen-bond acceptors (Lipinski definition) is 5. The fraction of sp³-hybridized carbons (Fsp3) is 0.176. The van der Waals surface area contributed by atoms with E-state index in [2.05, 4.69) is 31.7 Å². The molecule has 3 heterocycles. The average Bonchev–Trinajstić information content (AvgIpc) is 2.94. The van der Waals surface area contributed by atoms with Crippen molar-refractivity contribution in [3.63, 3.8) is 0 Å². The van der Waals surface area contributed by atoms with Gasteiger partial charge >= 0.3 is 0 Å². The molecule has 0 saturated heterocycles. The topological polar surface area (TPSA) is 79.8 Å². The van der Waals surface area contributed by atoms with E-state index in [0.29, 0.717) is 24.7 Å². The first-order valence-electron chi connectivity index (χ1n) is 7.44. The SMILES string of the molecule is Cc1nc2ccccc2cc1CNc1ncc2c(n1)C(=O)NC2. The van der Waals surface area contributed by atoms with Crippen LogP contribution in [-0.4, -0.2) is 20.9 Å². The molecule has 114 valence electrons. The van der Waals surface area contributed by atoms with Crippen molar-refractivity contribution in [1.29, 1.82) is 0 Å². The van der Waals surface area contributed by atoms with Crippen LogP contribution < -0.4 is 10.6 Å². The molecular formula is C17H15N5O. The Morgan fingerprint density at radius 2 is 2.13 bits per heavy atom. The number of carbonyl (C=O) groups excluding carboxylic acids is 1. The van der Waals surface area contributed by atoms with E-state index in [-0.39, 0.29) is 5.91 Å². The normalized spacial score (nSPS) is 13.0. The van der Waals surface area contributed by atoms with Crippen molar-refractivity contribution in [3.05, 3.63) is 59.0 Å². The highest BCUT2D eigenvalue weighted by Gasteiger charge is 2.21. The molecule has 6 heteroatoms. The number of nitrogens with zero attached hydrogens (tertiary/aromatic N) is 3. The van der Waals surface area contributed by atoms with E-state index in [1.165, 1.54) is 0 Å². The summed E-state index contributed by atoms with van der Waals surface area (Å²) in [5.41, 5.74) is 4.33. The Hall–Kier alpha value is -3.02. The number of para-hydroxylation sites is 1. The van der Waals surface area contributed by atoms with Gasteiger partial charge in [0.05, 0.1) is 5.52 Å². The van der Waals surface area contributed by atoms with E-state index in [4.69, 9.17) is 0 Å². The second kappa shape index (κ2) is 5.31. The van der Waals surface area contributed by atoms with E-state index in [1.807, 2.05) is 31.2 Å². The van der Waals surface area contributed by atoms with Crippen LogP contribution in [0, 0.1) is 6.92 Å². The van der Waals surface area contributed by atoms with Gasteiger partial charge in [-0.25, -0.2) is 9.97 Å². The molecule has 3 aromatic rings. The summed E-state index contributed by atoms with van der Waals surface area (Å²) < 4.78 is 0. The first kappa shape index (κ1) is 13.6. The molecule has 2 N–H and O–H groups in total. The van der Waals surface area contributed by atoms with Gasteiger partial charge in [0.25, 0.3) is 5.91 Å². The third kappa shape index (κ3) is 2.48. The minimum Gasteiger partial charge on any atom is -0.350 e. The summed E-state index contributed by atoms with van der Waals surface area (Å²) in [6, 6.07) is 10.1. The molecule has 1 aliphatic heterocycles. The van der Waals surface area contributed by atoms with Crippen LogP contribution in [0.15, 0.2) is 36.5 Å². The summed E-state index contributed by atoms with van der Waals surface area (Å²) >= 11 is 0. The van der Waals surface area contributed by atoms with Gasteiger partial charge in [-0.3, -0.25) is 9.78 Å². The predicted molar refractivity (Wildman–Crippen MR) is 87.0 cm³/mol. The van der Waals surface area contributed by atoms with Crippen LogP contribution in [0.5, 0.6) is 0 Å². The summed E-state index contributed by atoms with van der Waals surface area (Å²) in [5, 5.41) is 7.01. The lowest BCUT2D eigenvalue weighted by atomic mass is 10.1. The van der Waals surface area contributed by atoms with Gasteiger partial charge in [0.1, 0.15) is 5.69 Å². The van der Waals surface area contributed by atoms with E-state index in [0.717, 1.165) is 27.7 Å². The van der Waals surface area contributed by atoms with Crippen molar-refractivity contribution < 1.29 is 4.79 Å². The number of fused-ring (bicyclic) bond motifs is 2. The van der Waals surface area contributed by atoms with Crippen LogP contribution in [0.2, 0.25) is 0 Å². The zero-order valence-corrected chi connectivity index (χ0v) is 12.6. The highest BCUT2D eigenvalue weighted by atomic mass is 16.2. The first-order chi connectivity index (χ1) is 11.2. The minimum atomic E-state index is -0.144. The number of benzene rings is 1. The molecule has 0 saturated carbocycles. The van der Waals surface area contributed by atoms with Gasteiger partial charge in [-0.15, -0.1) is 0 Å². The van der Waals surface area contributed by atoms with Gasteiger partial charge in [-0.05, 0) is 24.6 Å². The molecule has 0 radical (unpaired) electrons. The van der Waals surface area contributed by atoms with Crippen LogP contribution in [-0.2, 0) is 13.1 Å². The molecule has 0 unspecified atom stereocenters. The number of amides is 1. The van der Waals surface area contributed by atoms with E-state index < -0.39 is 0 Å². The maximum absolute atomic E-state index is 11.7. The quantitative estimate of drug-likeness (QED) is 0.775. The van der Waals surface area contributed by atoms with Gasteiger partial charge < -0.3 is 10.6 Å². The molecule has 0 bridgehead atoms. The molecule has 23 heavy (non-hydrogen) atoms. The van der Waals surface area contributed by atoms with Gasteiger partial charge in [-0.2, -0.15) is 0 Å². The van der Waals surface area contributed by atoms with Crippen molar-refractivity contribution in [2.45, 2.75) is 20.0 Å². The summed E-state index contributed by atoms with van der Waals surface area (Å²) in [5.74, 6) is 0.308. The smallest absolute Gasteiger partial charge is 0.270 e. The van der Waals surface area contributed by atoms with Crippen LogP contribution in [0.1, 0.15) is 27.3 Å². The fourth-order valence-corrected chi connectivity index (χ4v) is 2.69. The number of hydrogen-bond donors (Lipinski definition) is 2. The number of rotatable bonds is 3. The molecule has 1 amide bonds. The summed E-state index contributed by atoms with van der Waals surface area (Å²) in [7, 11) is 0.